The summed E-state index contributed by atoms with van der Waals surface area (Å²) in [6.45, 7) is 0. The normalized spacial score (nSPS) is 38.0. The summed E-state index contributed by atoms with van der Waals surface area (Å²) in [5.74, 6) is 6.82. The average Bonchev–Trinajstić information content (AvgIpc) is 2.19. The summed E-state index contributed by atoms with van der Waals surface area (Å²) >= 11 is 0. The van der Waals surface area contributed by atoms with Crippen LogP contribution in [0.2, 0.25) is 0 Å². The van der Waals surface area contributed by atoms with Crippen LogP contribution in [0.5, 0.6) is 0 Å². The molecule has 0 aromatic heterocycles. The van der Waals surface area contributed by atoms with Crippen LogP contribution in [-0.4, -0.2) is 5.78 Å². The van der Waals surface area contributed by atoms with Gasteiger partial charge >= 0.3 is 0 Å². The lowest BCUT2D eigenvalue weighted by Gasteiger charge is -2.05. The monoisotopic (exact) mass is 120 g/mol. The van der Waals surface area contributed by atoms with Gasteiger partial charge in [-0.2, -0.15) is 0 Å². The van der Waals surface area contributed by atoms with Crippen molar-refractivity contribution in [1.82, 2.24) is 0 Å². The van der Waals surface area contributed by atoms with Crippen molar-refractivity contribution in [3.63, 3.8) is 0 Å². The minimum atomic E-state index is 0.128. The highest BCUT2D eigenvalue weighted by Crippen LogP contribution is 2.31. The third kappa shape index (κ3) is 0.595. The molecule has 9 heavy (non-hydrogen) atoms. The molecule has 1 fully saturated rings. The maximum atomic E-state index is 11.1. The van der Waals surface area contributed by atoms with E-state index in [0.717, 1.165) is 19.3 Å². The number of fused-ring (bicyclic) bond motifs is 2. The second-order valence-corrected chi connectivity index (χ2v) is 2.75. The molecule has 2 aliphatic carbocycles. The van der Waals surface area contributed by atoms with E-state index in [-0.39, 0.29) is 5.92 Å². The Balaban J connectivity index is 2.37. The molecule has 2 aliphatic rings. The van der Waals surface area contributed by atoms with Gasteiger partial charge in [-0.25, -0.2) is 0 Å². The van der Waals surface area contributed by atoms with Crippen molar-refractivity contribution in [3.8, 4) is 11.8 Å². The Morgan fingerprint density at radius 3 is 3.00 bits per heavy atom. The molecule has 0 saturated heterocycles. The molecule has 2 unspecified atom stereocenters. The molecule has 0 radical (unpaired) electrons. The summed E-state index contributed by atoms with van der Waals surface area (Å²) < 4.78 is 0. The highest BCUT2D eigenvalue weighted by atomic mass is 16.1. The van der Waals surface area contributed by atoms with E-state index in [0.29, 0.717) is 11.7 Å². The number of rotatable bonds is 0. The second kappa shape index (κ2) is 1.60. The minimum absolute atomic E-state index is 0.128. The number of carbonyl (C=O) groups is 1. The smallest absolute Gasteiger partial charge is 0.151 e. The Labute approximate surface area is 54.4 Å². The van der Waals surface area contributed by atoms with Crippen molar-refractivity contribution in [2.75, 3.05) is 0 Å². The second-order valence-electron chi connectivity index (χ2n) is 2.75. The van der Waals surface area contributed by atoms with E-state index < -0.39 is 0 Å². The Morgan fingerprint density at radius 2 is 2.33 bits per heavy atom. The largest absolute Gasteiger partial charge is 0.298 e. The lowest BCUT2D eigenvalue weighted by atomic mass is 9.96. The van der Waals surface area contributed by atoms with Crippen LogP contribution in [0.4, 0.5) is 0 Å². The van der Waals surface area contributed by atoms with Crippen molar-refractivity contribution < 1.29 is 4.79 Å². The lowest BCUT2D eigenvalue weighted by molar-refractivity contribution is -0.122. The van der Waals surface area contributed by atoms with Crippen LogP contribution in [0.15, 0.2) is 0 Å². The van der Waals surface area contributed by atoms with Crippen LogP contribution in [0, 0.1) is 23.7 Å². The molecule has 46 valence electrons. The molecule has 0 amide bonds. The predicted molar refractivity (Wildman–Crippen MR) is 33.6 cm³/mol. The summed E-state index contributed by atoms with van der Waals surface area (Å²) in [6, 6.07) is 0. The molecule has 2 bridgehead atoms. The lowest BCUT2D eigenvalue weighted by Crippen LogP contribution is -2.15. The molecule has 0 spiro atoms. The Morgan fingerprint density at radius 1 is 1.44 bits per heavy atom. The van der Waals surface area contributed by atoms with Crippen molar-refractivity contribution in [2.45, 2.75) is 19.3 Å². The Hall–Kier alpha value is -0.770. The third-order valence-electron chi connectivity index (χ3n) is 2.17. The van der Waals surface area contributed by atoms with Gasteiger partial charge in [-0.15, -0.1) is 5.92 Å². The zero-order chi connectivity index (χ0) is 6.27. The molecule has 0 heterocycles. The first-order chi connectivity index (χ1) is 4.38. The maximum Gasteiger partial charge on any atom is 0.151 e. The van der Waals surface area contributed by atoms with E-state index in [1.807, 2.05) is 0 Å². The molecular weight excluding hydrogens is 112 g/mol. The van der Waals surface area contributed by atoms with E-state index in [4.69, 9.17) is 0 Å². The Kier molecular flexibility index (Phi) is 0.900. The van der Waals surface area contributed by atoms with Crippen LogP contribution in [-0.2, 0) is 4.79 Å². The number of carbonyl (C=O) groups excluding carboxylic acids is 1. The van der Waals surface area contributed by atoms with Crippen molar-refractivity contribution in [1.29, 1.82) is 0 Å². The molecule has 0 aromatic rings. The average molecular weight is 120 g/mol. The summed E-state index contributed by atoms with van der Waals surface area (Å²) in [5, 5.41) is 0. The standard InChI is InChI=1S/C8H8O/c9-8-6-2-1-3-7(8)5-4-6/h6-7H,2,4-5H2. The van der Waals surface area contributed by atoms with Gasteiger partial charge in [0.2, 0.25) is 0 Å². The Bertz CT molecular complexity index is 206. The summed E-state index contributed by atoms with van der Waals surface area (Å²) in [6.07, 6.45) is 2.93. The van der Waals surface area contributed by atoms with Crippen molar-refractivity contribution in [3.05, 3.63) is 0 Å². The van der Waals surface area contributed by atoms with E-state index in [1.165, 1.54) is 0 Å². The molecular formula is C8H8O. The zero-order valence-corrected chi connectivity index (χ0v) is 5.18. The van der Waals surface area contributed by atoms with Gasteiger partial charge in [0.05, 0.1) is 5.92 Å². The molecule has 1 saturated carbocycles. The van der Waals surface area contributed by atoms with Gasteiger partial charge in [-0.3, -0.25) is 4.79 Å². The van der Waals surface area contributed by atoms with Gasteiger partial charge in [-0.05, 0) is 12.8 Å². The molecule has 0 aromatic carbocycles. The number of Topliss-reactive ketones (excluding diaryl/α,β-unsaturated/α-hetero) is 1. The number of hydrogen-bond acceptors (Lipinski definition) is 1. The van der Waals surface area contributed by atoms with Gasteiger partial charge in [-0.1, -0.05) is 5.92 Å². The summed E-state index contributed by atoms with van der Waals surface area (Å²) in [5.41, 5.74) is 0. The van der Waals surface area contributed by atoms with Crippen LogP contribution >= 0.6 is 0 Å². The molecule has 2 atom stereocenters. The van der Waals surface area contributed by atoms with E-state index in [2.05, 4.69) is 11.8 Å². The fourth-order valence-electron chi connectivity index (χ4n) is 1.59. The summed E-state index contributed by atoms with van der Waals surface area (Å²) in [7, 11) is 0. The van der Waals surface area contributed by atoms with E-state index >= 15 is 0 Å². The zero-order valence-electron chi connectivity index (χ0n) is 5.18. The number of ketones is 1. The minimum Gasteiger partial charge on any atom is -0.298 e. The van der Waals surface area contributed by atoms with Gasteiger partial charge in [0.1, 0.15) is 0 Å². The SMILES string of the molecule is O=C1C2C#CCC1CC2. The van der Waals surface area contributed by atoms with Crippen LogP contribution in [0.1, 0.15) is 19.3 Å². The molecule has 0 N–H and O–H groups in total. The van der Waals surface area contributed by atoms with E-state index in [9.17, 15) is 4.79 Å². The van der Waals surface area contributed by atoms with Crippen LogP contribution in [0.3, 0.4) is 0 Å². The molecule has 1 nitrogen and oxygen atoms in total. The van der Waals surface area contributed by atoms with Crippen LogP contribution < -0.4 is 0 Å². The molecule has 1 heteroatoms. The molecule has 2 rings (SSSR count). The van der Waals surface area contributed by atoms with Crippen LogP contribution in [0.25, 0.3) is 0 Å². The number of hydrogen-bond donors (Lipinski definition) is 0. The fourth-order valence-corrected chi connectivity index (χ4v) is 1.59. The maximum absolute atomic E-state index is 11.1. The highest BCUT2D eigenvalue weighted by molar-refractivity contribution is 5.89. The predicted octanol–water partition coefficient (Wildman–Crippen LogP) is 0.989. The van der Waals surface area contributed by atoms with E-state index in [1.54, 1.807) is 0 Å². The quantitative estimate of drug-likeness (QED) is 0.436. The molecule has 0 aliphatic heterocycles. The van der Waals surface area contributed by atoms with Gasteiger partial charge in [0.15, 0.2) is 5.78 Å². The summed E-state index contributed by atoms with van der Waals surface area (Å²) in [4.78, 5) is 11.1. The van der Waals surface area contributed by atoms with Crippen molar-refractivity contribution >= 4 is 5.78 Å². The topological polar surface area (TPSA) is 17.1 Å². The van der Waals surface area contributed by atoms with Crippen molar-refractivity contribution in [2.24, 2.45) is 11.8 Å². The third-order valence-corrected chi connectivity index (χ3v) is 2.17. The fraction of sp³-hybridized carbons (Fsp3) is 0.625. The first kappa shape index (κ1) is 5.05. The highest BCUT2D eigenvalue weighted by Gasteiger charge is 2.34. The van der Waals surface area contributed by atoms with Gasteiger partial charge in [0.25, 0.3) is 0 Å². The first-order valence-corrected chi connectivity index (χ1v) is 3.40. The van der Waals surface area contributed by atoms with Gasteiger partial charge < -0.3 is 0 Å². The first-order valence-electron chi connectivity index (χ1n) is 3.40. The van der Waals surface area contributed by atoms with Gasteiger partial charge in [0, 0.05) is 12.3 Å².